The molecule has 0 aliphatic heterocycles. The van der Waals surface area contributed by atoms with Crippen LogP contribution in [0.2, 0.25) is 10.0 Å². The summed E-state index contributed by atoms with van der Waals surface area (Å²) in [5.74, 6) is -0.890. The molecule has 2 atom stereocenters. The number of halogens is 3. The van der Waals surface area contributed by atoms with E-state index in [1.54, 1.807) is 43.3 Å². The van der Waals surface area contributed by atoms with Crippen molar-refractivity contribution in [2.75, 3.05) is 18.0 Å². The highest BCUT2D eigenvalue weighted by molar-refractivity contribution is 6.39. The summed E-state index contributed by atoms with van der Waals surface area (Å²) in [7, 11) is 0. The minimum Gasteiger partial charge on any atom is -0.354 e. The van der Waals surface area contributed by atoms with Gasteiger partial charge in [0.2, 0.25) is 11.8 Å². The van der Waals surface area contributed by atoms with Crippen molar-refractivity contribution < 1.29 is 18.9 Å². The minimum absolute atomic E-state index is 0.0157. The summed E-state index contributed by atoms with van der Waals surface area (Å²) in [5.41, 5.74) is 7.18. The van der Waals surface area contributed by atoms with Crippen LogP contribution in [-0.4, -0.2) is 52.2 Å². The summed E-state index contributed by atoms with van der Waals surface area (Å²) >= 11 is 18.7. The predicted octanol–water partition coefficient (Wildman–Crippen LogP) is 4.73. The van der Waals surface area contributed by atoms with Crippen molar-refractivity contribution in [3.63, 3.8) is 0 Å². The molecular formula is C26H28Cl3N5O4. The Kier molecular flexibility index (Phi) is 10.3. The topological polar surface area (TPSA) is 131 Å². The second kappa shape index (κ2) is 13.2. The summed E-state index contributed by atoms with van der Waals surface area (Å²) < 4.78 is 5.50. The Morgan fingerprint density at radius 2 is 1.76 bits per heavy atom. The van der Waals surface area contributed by atoms with Crippen molar-refractivity contribution in [1.82, 2.24) is 15.5 Å². The average Bonchev–Trinajstić information content (AvgIpc) is 3.36. The first kappa shape index (κ1) is 29.6. The molecule has 0 bridgehead atoms. The third-order valence-corrected chi connectivity index (χ3v) is 6.56. The van der Waals surface area contributed by atoms with E-state index in [9.17, 15) is 14.4 Å². The summed E-state index contributed by atoms with van der Waals surface area (Å²) in [6.45, 7) is 5.00. The molecule has 2 unspecified atom stereocenters. The number of pyridine rings is 1. The summed E-state index contributed by atoms with van der Waals surface area (Å²) in [4.78, 5) is 43.5. The van der Waals surface area contributed by atoms with Crippen LogP contribution in [0, 0.1) is 5.92 Å². The first-order chi connectivity index (χ1) is 18.0. The van der Waals surface area contributed by atoms with Gasteiger partial charge in [-0.05, 0) is 37.1 Å². The smallest absolute Gasteiger partial charge is 0.244 e. The second-order valence-electron chi connectivity index (χ2n) is 8.89. The zero-order valence-electron chi connectivity index (χ0n) is 21.1. The van der Waals surface area contributed by atoms with Crippen LogP contribution in [0.15, 0.2) is 47.1 Å². The van der Waals surface area contributed by atoms with Gasteiger partial charge in [-0.2, -0.15) is 0 Å². The highest BCUT2D eigenvalue weighted by Crippen LogP contribution is 2.36. The first-order valence-electron chi connectivity index (χ1n) is 11.9. The number of benzene rings is 1. The maximum atomic E-state index is 13.0. The third-order valence-electron chi connectivity index (χ3n) is 5.74. The monoisotopic (exact) mass is 579 g/mol. The Labute approximate surface area is 235 Å². The lowest BCUT2D eigenvalue weighted by Gasteiger charge is -2.26. The number of nitrogens with zero attached hydrogens (tertiary/aromatic N) is 3. The molecule has 12 heteroatoms. The van der Waals surface area contributed by atoms with Crippen LogP contribution in [0.1, 0.15) is 27.2 Å². The first-order valence-corrected chi connectivity index (χ1v) is 13.1. The molecule has 0 saturated heterocycles. The van der Waals surface area contributed by atoms with E-state index >= 15 is 0 Å². The largest absolute Gasteiger partial charge is 0.354 e. The molecule has 3 aromatic rings. The molecular weight excluding hydrogens is 553 g/mol. The second-order valence-corrected chi connectivity index (χ2v) is 10.4. The number of hydrogen-bond donors (Lipinski definition) is 2. The fraction of sp³-hybridized carbons (Fsp3) is 0.346. The zero-order valence-corrected chi connectivity index (χ0v) is 23.3. The number of anilines is 1. The fourth-order valence-electron chi connectivity index (χ4n) is 3.79. The number of nitrogens with one attached hydrogen (secondary N) is 1. The molecule has 0 aliphatic rings. The van der Waals surface area contributed by atoms with Gasteiger partial charge in [0.25, 0.3) is 0 Å². The van der Waals surface area contributed by atoms with Gasteiger partial charge in [0.15, 0.2) is 11.5 Å². The van der Waals surface area contributed by atoms with Gasteiger partial charge in [0, 0.05) is 36.5 Å². The number of amides is 2. The molecule has 3 N–H and O–H groups in total. The van der Waals surface area contributed by atoms with Gasteiger partial charge in [0.05, 0.1) is 22.6 Å². The molecule has 0 aliphatic carbocycles. The van der Waals surface area contributed by atoms with Crippen molar-refractivity contribution in [1.29, 1.82) is 0 Å². The van der Waals surface area contributed by atoms with Crippen LogP contribution in [0.3, 0.4) is 0 Å². The van der Waals surface area contributed by atoms with Crippen molar-refractivity contribution >= 4 is 58.1 Å². The molecule has 0 spiro atoms. The lowest BCUT2D eigenvalue weighted by atomic mass is 9.97. The van der Waals surface area contributed by atoms with Gasteiger partial charge in [0.1, 0.15) is 16.8 Å². The fourth-order valence-corrected chi connectivity index (χ4v) is 4.50. The molecule has 0 fully saturated rings. The van der Waals surface area contributed by atoms with Gasteiger partial charge in [-0.15, -0.1) is 11.6 Å². The molecule has 9 nitrogen and oxygen atoms in total. The molecule has 2 amide bonds. The van der Waals surface area contributed by atoms with E-state index in [-0.39, 0.29) is 31.2 Å². The molecule has 2 aromatic heterocycles. The number of Topliss-reactive ketones (excluding diaryl/α,β-unsaturated/α-hetero) is 1. The number of alkyl halides is 1. The van der Waals surface area contributed by atoms with Crippen LogP contribution in [0.25, 0.3) is 22.7 Å². The van der Waals surface area contributed by atoms with Gasteiger partial charge in [-0.25, -0.2) is 0 Å². The van der Waals surface area contributed by atoms with Crippen LogP contribution in [0.4, 0.5) is 5.69 Å². The van der Waals surface area contributed by atoms with E-state index in [0.29, 0.717) is 38.4 Å². The van der Waals surface area contributed by atoms with Crippen LogP contribution < -0.4 is 16.0 Å². The van der Waals surface area contributed by atoms with Gasteiger partial charge in [-0.1, -0.05) is 48.3 Å². The molecule has 38 heavy (non-hydrogen) atoms. The zero-order chi connectivity index (χ0) is 28.0. The SMILES string of the molecule is CC(Cl)C(=O)N(CCC(=O)C(NC(=O)CN)C(C)C)c1ccnc(-c2cc(-c3c(Cl)cccc3Cl)no2)c1. The number of rotatable bonds is 11. The number of aromatic nitrogens is 2. The predicted molar refractivity (Wildman–Crippen MR) is 148 cm³/mol. The normalized spacial score (nSPS) is 12.7. The highest BCUT2D eigenvalue weighted by atomic mass is 35.5. The van der Waals surface area contributed by atoms with Crippen molar-refractivity contribution in [2.45, 2.75) is 38.6 Å². The van der Waals surface area contributed by atoms with Crippen LogP contribution in [-0.2, 0) is 14.4 Å². The number of ketones is 1. The summed E-state index contributed by atoms with van der Waals surface area (Å²) in [6.07, 6.45) is 1.49. The molecule has 3 rings (SSSR count). The van der Waals surface area contributed by atoms with E-state index in [4.69, 9.17) is 45.1 Å². The number of carbonyl (C=O) groups excluding carboxylic acids is 3. The van der Waals surface area contributed by atoms with Crippen LogP contribution in [0.5, 0.6) is 0 Å². The molecule has 202 valence electrons. The van der Waals surface area contributed by atoms with Gasteiger partial charge in [-0.3, -0.25) is 19.4 Å². The lowest BCUT2D eigenvalue weighted by molar-refractivity contribution is -0.128. The highest BCUT2D eigenvalue weighted by Gasteiger charge is 2.27. The van der Waals surface area contributed by atoms with Crippen LogP contribution >= 0.6 is 34.8 Å². The maximum absolute atomic E-state index is 13.0. The van der Waals surface area contributed by atoms with Crippen molar-refractivity contribution in [3.8, 4) is 22.7 Å². The van der Waals surface area contributed by atoms with E-state index in [1.807, 2.05) is 13.8 Å². The van der Waals surface area contributed by atoms with E-state index in [2.05, 4.69) is 15.5 Å². The van der Waals surface area contributed by atoms with E-state index < -0.39 is 23.2 Å². The Hall–Kier alpha value is -2.98. The maximum Gasteiger partial charge on any atom is 0.244 e. The molecule has 2 heterocycles. The number of hydrogen-bond acceptors (Lipinski definition) is 7. The average molecular weight is 581 g/mol. The lowest BCUT2D eigenvalue weighted by Crippen LogP contribution is -2.47. The third kappa shape index (κ3) is 7.11. The molecule has 0 radical (unpaired) electrons. The Bertz CT molecular complexity index is 1290. The quantitative estimate of drug-likeness (QED) is 0.313. The van der Waals surface area contributed by atoms with Crippen molar-refractivity contribution in [2.24, 2.45) is 11.7 Å². The van der Waals surface area contributed by atoms with E-state index in [1.165, 1.54) is 11.1 Å². The Balaban J connectivity index is 1.87. The molecule has 0 saturated carbocycles. The van der Waals surface area contributed by atoms with E-state index in [0.717, 1.165) is 0 Å². The van der Waals surface area contributed by atoms with Crippen molar-refractivity contribution in [3.05, 3.63) is 52.6 Å². The number of carbonyl (C=O) groups is 3. The number of nitrogens with two attached hydrogens (primary N) is 1. The Morgan fingerprint density at radius 1 is 1.08 bits per heavy atom. The summed E-state index contributed by atoms with van der Waals surface area (Å²) in [5, 5.41) is 6.70. The molecule has 1 aromatic carbocycles. The standard InChI is InChI=1S/C26H28Cl3N5O4/c1-14(2)25(32-23(36)13-30)21(35)8-10-34(26(37)15(3)27)16-7-9-31-19(11-16)22-12-20(33-38-22)24-17(28)5-4-6-18(24)29/h4-7,9,11-12,14-15,25H,8,10,13,30H2,1-3H3,(H,32,36). The van der Waals surface area contributed by atoms with Gasteiger partial charge < -0.3 is 20.5 Å². The van der Waals surface area contributed by atoms with Gasteiger partial charge >= 0.3 is 0 Å². The minimum atomic E-state index is -0.848. The Morgan fingerprint density at radius 3 is 2.37 bits per heavy atom. The summed E-state index contributed by atoms with van der Waals surface area (Å²) in [6, 6.07) is 9.29.